The van der Waals surface area contributed by atoms with E-state index in [9.17, 15) is 15.3 Å². The Morgan fingerprint density at radius 3 is 1.39 bits per heavy atom. The van der Waals surface area contributed by atoms with Crippen LogP contribution >= 0.6 is 0 Å². The maximum absolute atomic E-state index is 11.9. The Kier molecular flexibility index (Phi) is 15.3. The van der Waals surface area contributed by atoms with E-state index in [0.717, 1.165) is 22.3 Å². The van der Waals surface area contributed by atoms with Gasteiger partial charge in [0.15, 0.2) is 12.6 Å². The normalized spacial score (nSPS) is 28.4. The molecule has 4 unspecified atom stereocenters. The first kappa shape index (κ1) is 39.9. The molecule has 0 radical (unpaired) electrons. The lowest BCUT2D eigenvalue weighted by Crippen LogP contribution is -2.65. The number of benzene rings is 4. The molecule has 54 heavy (non-hydrogen) atoms. The number of aliphatic hydroxyl groups is 3. The van der Waals surface area contributed by atoms with Crippen molar-refractivity contribution in [2.75, 3.05) is 19.8 Å². The molecular weight excluding hydrogens is 692 g/mol. The molecule has 0 saturated carbocycles. The molecule has 2 heterocycles. The van der Waals surface area contributed by atoms with Crippen molar-refractivity contribution in [1.29, 1.82) is 0 Å². The molecule has 3 N–H and O–H groups in total. The topological polar surface area (TPSA) is 135 Å². The summed E-state index contributed by atoms with van der Waals surface area (Å²) in [6.45, 7) is 4.96. The predicted octanol–water partition coefficient (Wildman–Crippen LogP) is 4.71. The van der Waals surface area contributed by atoms with Gasteiger partial charge in [-0.1, -0.05) is 127 Å². The number of rotatable bonds is 19. The van der Waals surface area contributed by atoms with E-state index < -0.39 is 61.4 Å². The Morgan fingerprint density at radius 2 is 0.926 bits per heavy atom. The zero-order chi connectivity index (χ0) is 37.5. The summed E-state index contributed by atoms with van der Waals surface area (Å²) in [7, 11) is 0. The van der Waals surface area contributed by atoms with Crippen molar-refractivity contribution < 1.29 is 53.2 Å². The third-order valence-electron chi connectivity index (χ3n) is 9.30. The van der Waals surface area contributed by atoms with E-state index in [1.807, 2.05) is 121 Å². The molecule has 2 aliphatic rings. The van der Waals surface area contributed by atoms with E-state index >= 15 is 0 Å². The van der Waals surface area contributed by atoms with E-state index in [0.29, 0.717) is 6.61 Å². The van der Waals surface area contributed by atoms with Gasteiger partial charge in [0.25, 0.3) is 0 Å². The summed E-state index contributed by atoms with van der Waals surface area (Å²) in [5, 5.41) is 34.2. The summed E-state index contributed by atoms with van der Waals surface area (Å²) in [4.78, 5) is 0. The highest BCUT2D eigenvalue weighted by Gasteiger charge is 2.52. The minimum Gasteiger partial charge on any atom is -0.385 e. The smallest absolute Gasteiger partial charge is 0.187 e. The minimum atomic E-state index is -1.64. The molecule has 0 bridgehead atoms. The van der Waals surface area contributed by atoms with E-state index in [1.165, 1.54) is 0 Å². The number of aliphatic hydroxyl groups excluding tert-OH is 3. The first-order chi connectivity index (χ1) is 26.5. The van der Waals surface area contributed by atoms with Crippen molar-refractivity contribution in [1.82, 2.24) is 0 Å². The van der Waals surface area contributed by atoms with E-state index in [4.69, 9.17) is 37.9 Å². The van der Waals surface area contributed by atoms with Crippen molar-refractivity contribution >= 4 is 0 Å². The second kappa shape index (κ2) is 20.7. The van der Waals surface area contributed by atoms with Crippen LogP contribution in [-0.4, -0.2) is 96.6 Å². The van der Waals surface area contributed by atoms with Crippen LogP contribution in [0.1, 0.15) is 22.3 Å². The number of hydrogen-bond acceptors (Lipinski definition) is 11. The van der Waals surface area contributed by atoms with Crippen molar-refractivity contribution in [3.8, 4) is 0 Å². The standard InChI is InChI=1S/C43H50O11/c1-2-23-49-40-37(45)43(53-35(29-48-25-31-17-9-4-10-18-31)38(40)50-26-32-19-11-5-12-20-32)54-41-36(44)42(46)52-34(28-47-24-30-15-7-3-8-16-30)39(41)51-27-33-21-13-6-14-22-33/h2-22,34-46H,1,23-29H2/t34?,35?,36?,37?,38-,39-,40-,41-,42-,43+/m1/s1. The maximum atomic E-state index is 11.9. The van der Waals surface area contributed by atoms with Crippen LogP contribution in [0.2, 0.25) is 0 Å². The molecule has 2 fully saturated rings. The van der Waals surface area contributed by atoms with Gasteiger partial charge < -0.3 is 53.2 Å². The van der Waals surface area contributed by atoms with Crippen LogP contribution in [0.15, 0.2) is 134 Å². The maximum Gasteiger partial charge on any atom is 0.187 e. The number of hydrogen-bond donors (Lipinski definition) is 3. The molecule has 11 nitrogen and oxygen atoms in total. The number of ether oxygens (including phenoxy) is 8. The summed E-state index contributed by atoms with van der Waals surface area (Å²) in [5.74, 6) is 0. The average Bonchev–Trinajstić information content (AvgIpc) is 3.21. The molecule has 0 spiro atoms. The van der Waals surface area contributed by atoms with Gasteiger partial charge >= 0.3 is 0 Å². The fraction of sp³-hybridized carbons (Fsp3) is 0.395. The van der Waals surface area contributed by atoms with Gasteiger partial charge in [0, 0.05) is 0 Å². The van der Waals surface area contributed by atoms with E-state index in [2.05, 4.69) is 6.58 Å². The van der Waals surface area contributed by atoms with Crippen LogP contribution in [0.5, 0.6) is 0 Å². The van der Waals surface area contributed by atoms with Crippen LogP contribution in [0.3, 0.4) is 0 Å². The molecule has 10 atom stereocenters. The Bertz CT molecular complexity index is 1630. The molecule has 4 aromatic carbocycles. The molecule has 2 aliphatic heterocycles. The summed E-state index contributed by atoms with van der Waals surface area (Å²) >= 11 is 0. The van der Waals surface area contributed by atoms with Gasteiger partial charge in [0.1, 0.15) is 48.8 Å². The molecule has 11 heteroatoms. The Morgan fingerprint density at radius 1 is 0.500 bits per heavy atom. The van der Waals surface area contributed by atoms with Crippen molar-refractivity contribution in [2.24, 2.45) is 0 Å². The quantitative estimate of drug-likeness (QED) is 0.115. The average molecular weight is 743 g/mol. The van der Waals surface area contributed by atoms with Crippen LogP contribution in [-0.2, 0) is 64.3 Å². The summed E-state index contributed by atoms with van der Waals surface area (Å²) in [6.07, 6.45) is -9.95. The fourth-order valence-corrected chi connectivity index (χ4v) is 6.53. The van der Waals surface area contributed by atoms with Crippen LogP contribution < -0.4 is 0 Å². The molecule has 0 aliphatic carbocycles. The Labute approximate surface area is 316 Å². The van der Waals surface area contributed by atoms with Crippen LogP contribution in [0.25, 0.3) is 0 Å². The van der Waals surface area contributed by atoms with Gasteiger partial charge in [-0.3, -0.25) is 0 Å². The van der Waals surface area contributed by atoms with Gasteiger partial charge in [0.2, 0.25) is 0 Å². The van der Waals surface area contributed by atoms with Gasteiger partial charge in [0.05, 0.1) is 46.2 Å². The highest BCUT2D eigenvalue weighted by Crippen LogP contribution is 2.33. The lowest BCUT2D eigenvalue weighted by atomic mass is 9.96. The third-order valence-corrected chi connectivity index (χ3v) is 9.30. The molecule has 6 rings (SSSR count). The van der Waals surface area contributed by atoms with Crippen LogP contribution in [0, 0.1) is 0 Å². The van der Waals surface area contributed by atoms with E-state index in [1.54, 1.807) is 6.08 Å². The highest BCUT2D eigenvalue weighted by molar-refractivity contribution is 5.16. The molecule has 288 valence electrons. The molecule has 4 aromatic rings. The monoisotopic (exact) mass is 742 g/mol. The van der Waals surface area contributed by atoms with Crippen molar-refractivity contribution in [3.05, 3.63) is 156 Å². The fourth-order valence-electron chi connectivity index (χ4n) is 6.53. The lowest BCUT2D eigenvalue weighted by molar-refractivity contribution is -0.365. The Hall–Kier alpha value is -3.82. The third kappa shape index (κ3) is 11.1. The minimum absolute atomic E-state index is 0.0164. The van der Waals surface area contributed by atoms with Crippen molar-refractivity contribution in [2.45, 2.75) is 87.8 Å². The predicted molar refractivity (Wildman–Crippen MR) is 199 cm³/mol. The molecule has 2 saturated heterocycles. The molecule has 0 aromatic heterocycles. The SMILES string of the molecule is C=CCO[C@@H]1C(O)[C@H](O[C@@H]2C(O)[C@H](O)OC(COCc3ccccc3)[C@H]2OCc2ccccc2)OC(COCc2ccccc2)[C@H]1OCc1ccccc1. The summed E-state index contributed by atoms with van der Waals surface area (Å²) in [5.41, 5.74) is 3.73. The van der Waals surface area contributed by atoms with Crippen molar-refractivity contribution in [3.63, 3.8) is 0 Å². The summed E-state index contributed by atoms with van der Waals surface area (Å²) < 4.78 is 50.0. The lowest BCUT2D eigenvalue weighted by Gasteiger charge is -2.48. The summed E-state index contributed by atoms with van der Waals surface area (Å²) in [6, 6.07) is 38.6. The van der Waals surface area contributed by atoms with Gasteiger partial charge in [-0.25, -0.2) is 0 Å². The Balaban J connectivity index is 1.24. The second-order valence-electron chi connectivity index (χ2n) is 13.3. The highest BCUT2D eigenvalue weighted by atomic mass is 16.7. The first-order valence-corrected chi connectivity index (χ1v) is 18.3. The zero-order valence-corrected chi connectivity index (χ0v) is 30.2. The van der Waals surface area contributed by atoms with Gasteiger partial charge in [-0.2, -0.15) is 0 Å². The molecule has 0 amide bonds. The first-order valence-electron chi connectivity index (χ1n) is 18.3. The van der Waals surface area contributed by atoms with Gasteiger partial charge in [-0.15, -0.1) is 6.58 Å². The van der Waals surface area contributed by atoms with Crippen LogP contribution in [0.4, 0.5) is 0 Å². The largest absolute Gasteiger partial charge is 0.385 e. The second-order valence-corrected chi connectivity index (χ2v) is 13.3. The molecular formula is C43H50O11. The zero-order valence-electron chi connectivity index (χ0n) is 30.2. The van der Waals surface area contributed by atoms with E-state index in [-0.39, 0.29) is 39.6 Å². The van der Waals surface area contributed by atoms with Gasteiger partial charge in [-0.05, 0) is 22.3 Å².